The summed E-state index contributed by atoms with van der Waals surface area (Å²) in [6.07, 6.45) is 7.44. The largest absolute Gasteiger partial charge is 0.336 e. The van der Waals surface area contributed by atoms with Gasteiger partial charge in [-0.2, -0.15) is 10.2 Å². The van der Waals surface area contributed by atoms with Crippen molar-refractivity contribution in [2.24, 2.45) is 13.0 Å². The van der Waals surface area contributed by atoms with Crippen LogP contribution in [0.1, 0.15) is 31.9 Å². The minimum absolute atomic E-state index is 0.0663. The third-order valence-corrected chi connectivity index (χ3v) is 6.89. The van der Waals surface area contributed by atoms with Crippen LogP contribution in [-0.4, -0.2) is 65.8 Å². The van der Waals surface area contributed by atoms with Crippen molar-refractivity contribution in [2.45, 2.75) is 40.3 Å². The van der Waals surface area contributed by atoms with Gasteiger partial charge in [-0.3, -0.25) is 14.4 Å². The van der Waals surface area contributed by atoms with Crippen molar-refractivity contribution < 1.29 is 4.79 Å². The number of carbonyl (C=O) groups excluding carboxylic acids is 1. The molecular weight excluding hydrogens is 438 g/mol. The number of aryl methyl sites for hydroxylation is 2. The Kier molecular flexibility index (Phi) is 6.15. The van der Waals surface area contributed by atoms with Crippen LogP contribution >= 0.6 is 0 Å². The first-order valence-corrected chi connectivity index (χ1v) is 12.3. The molecule has 0 spiro atoms. The maximum atomic E-state index is 13.0. The molecular formula is C27H33N7O. The summed E-state index contributed by atoms with van der Waals surface area (Å²) in [5.74, 6) is 0.773. The summed E-state index contributed by atoms with van der Waals surface area (Å²) in [4.78, 5) is 22.0. The fourth-order valence-corrected chi connectivity index (χ4v) is 4.96. The molecule has 3 aromatic heterocycles. The molecule has 5 rings (SSSR count). The van der Waals surface area contributed by atoms with Crippen molar-refractivity contribution in [2.75, 3.05) is 19.6 Å². The van der Waals surface area contributed by atoms with Crippen LogP contribution in [0, 0.1) is 12.8 Å². The Labute approximate surface area is 206 Å². The second-order valence-corrected chi connectivity index (χ2v) is 10.0. The molecule has 1 aliphatic heterocycles. The molecule has 1 saturated heterocycles. The van der Waals surface area contributed by atoms with Crippen molar-refractivity contribution in [3.63, 3.8) is 0 Å². The minimum Gasteiger partial charge on any atom is -0.336 e. The maximum absolute atomic E-state index is 13.0. The second kappa shape index (κ2) is 9.26. The first-order valence-electron chi connectivity index (χ1n) is 12.3. The quantitative estimate of drug-likeness (QED) is 0.428. The molecule has 1 fully saturated rings. The number of aromatic nitrogens is 5. The summed E-state index contributed by atoms with van der Waals surface area (Å²) >= 11 is 0. The van der Waals surface area contributed by atoms with Crippen LogP contribution in [-0.2, 0) is 18.4 Å². The number of fused-ring (bicyclic) bond motifs is 1. The predicted octanol–water partition coefficient (Wildman–Crippen LogP) is 3.79. The van der Waals surface area contributed by atoms with Crippen LogP contribution in [0.2, 0.25) is 0 Å². The SMILES string of the molecule is Cc1cc(-c2ncnn3cc(-c4cnn(C)c4)cc23)ccc1CN1CCN(CC(C)C)C(C)C1=O. The van der Waals surface area contributed by atoms with Crippen LogP contribution in [0.25, 0.3) is 27.9 Å². The number of piperazine rings is 1. The zero-order chi connectivity index (χ0) is 24.7. The molecule has 1 unspecified atom stereocenters. The molecule has 1 aliphatic rings. The van der Waals surface area contributed by atoms with E-state index in [1.165, 1.54) is 5.56 Å². The average Bonchev–Trinajstić information content (AvgIpc) is 3.45. The van der Waals surface area contributed by atoms with Crippen LogP contribution < -0.4 is 0 Å². The summed E-state index contributed by atoms with van der Waals surface area (Å²) < 4.78 is 3.66. The average molecular weight is 472 g/mol. The number of rotatable bonds is 6. The molecule has 182 valence electrons. The third-order valence-electron chi connectivity index (χ3n) is 6.89. The van der Waals surface area contributed by atoms with Gasteiger partial charge in [-0.05, 0) is 43.0 Å². The van der Waals surface area contributed by atoms with E-state index in [1.807, 2.05) is 42.0 Å². The minimum atomic E-state index is -0.0663. The molecule has 0 N–H and O–H groups in total. The lowest BCUT2D eigenvalue weighted by atomic mass is 10.0. The van der Waals surface area contributed by atoms with E-state index in [0.717, 1.165) is 53.1 Å². The smallest absolute Gasteiger partial charge is 0.239 e. The highest BCUT2D eigenvalue weighted by Gasteiger charge is 2.31. The summed E-state index contributed by atoms with van der Waals surface area (Å²) in [6.45, 7) is 11.8. The van der Waals surface area contributed by atoms with Gasteiger partial charge in [0.1, 0.15) is 6.33 Å². The van der Waals surface area contributed by atoms with E-state index in [1.54, 1.807) is 11.0 Å². The van der Waals surface area contributed by atoms with Crippen LogP contribution in [0.15, 0.2) is 49.2 Å². The number of nitrogens with zero attached hydrogens (tertiary/aromatic N) is 7. The Morgan fingerprint density at radius 1 is 1.06 bits per heavy atom. The first kappa shape index (κ1) is 23.2. The highest BCUT2D eigenvalue weighted by atomic mass is 16.2. The lowest BCUT2D eigenvalue weighted by Gasteiger charge is -2.40. The molecule has 4 heterocycles. The maximum Gasteiger partial charge on any atom is 0.239 e. The van der Waals surface area contributed by atoms with Crippen molar-refractivity contribution in [3.8, 4) is 22.4 Å². The van der Waals surface area contributed by atoms with Crippen molar-refractivity contribution in [1.29, 1.82) is 0 Å². The summed E-state index contributed by atoms with van der Waals surface area (Å²) in [5, 5.41) is 8.69. The molecule has 1 aromatic carbocycles. The fourth-order valence-electron chi connectivity index (χ4n) is 4.96. The first-order chi connectivity index (χ1) is 16.8. The zero-order valence-electron chi connectivity index (χ0n) is 21.1. The van der Waals surface area contributed by atoms with Crippen LogP contribution in [0.5, 0.6) is 0 Å². The summed E-state index contributed by atoms with van der Waals surface area (Å²) in [6, 6.07) is 8.43. The van der Waals surface area contributed by atoms with Gasteiger partial charge in [-0.15, -0.1) is 0 Å². The van der Waals surface area contributed by atoms with Crippen molar-refractivity contribution >= 4 is 11.4 Å². The van der Waals surface area contributed by atoms with Gasteiger partial charge in [0.05, 0.1) is 23.4 Å². The van der Waals surface area contributed by atoms with E-state index in [-0.39, 0.29) is 11.9 Å². The van der Waals surface area contributed by atoms with E-state index in [0.29, 0.717) is 12.5 Å². The topological polar surface area (TPSA) is 71.6 Å². The van der Waals surface area contributed by atoms with Gasteiger partial charge in [-0.1, -0.05) is 26.0 Å². The molecule has 0 radical (unpaired) electrons. The molecule has 0 bridgehead atoms. The molecule has 0 aliphatic carbocycles. The van der Waals surface area contributed by atoms with Gasteiger partial charge in [0.25, 0.3) is 0 Å². The fraction of sp³-hybridized carbons (Fsp3) is 0.407. The number of hydrogen-bond acceptors (Lipinski definition) is 5. The lowest BCUT2D eigenvalue weighted by molar-refractivity contribution is -0.142. The Bertz CT molecular complexity index is 1370. The van der Waals surface area contributed by atoms with Crippen molar-refractivity contribution in [3.05, 3.63) is 60.3 Å². The monoisotopic (exact) mass is 471 g/mol. The van der Waals surface area contributed by atoms with Gasteiger partial charge < -0.3 is 4.90 Å². The Hall–Kier alpha value is -3.52. The normalized spacial score (nSPS) is 17.1. The third kappa shape index (κ3) is 4.58. The van der Waals surface area contributed by atoms with Gasteiger partial charge in [-0.25, -0.2) is 9.50 Å². The van der Waals surface area contributed by atoms with E-state index in [9.17, 15) is 4.79 Å². The van der Waals surface area contributed by atoms with E-state index >= 15 is 0 Å². The van der Waals surface area contributed by atoms with Gasteiger partial charge in [0.2, 0.25) is 5.91 Å². The molecule has 35 heavy (non-hydrogen) atoms. The Morgan fingerprint density at radius 2 is 1.89 bits per heavy atom. The van der Waals surface area contributed by atoms with Crippen LogP contribution in [0.4, 0.5) is 0 Å². The summed E-state index contributed by atoms with van der Waals surface area (Å²) in [7, 11) is 1.91. The van der Waals surface area contributed by atoms with Crippen LogP contribution in [0.3, 0.4) is 0 Å². The van der Waals surface area contributed by atoms with E-state index in [2.05, 4.69) is 65.1 Å². The van der Waals surface area contributed by atoms with E-state index in [4.69, 9.17) is 0 Å². The van der Waals surface area contributed by atoms with Crippen molar-refractivity contribution in [1.82, 2.24) is 34.2 Å². The Morgan fingerprint density at radius 3 is 2.60 bits per heavy atom. The van der Waals surface area contributed by atoms with E-state index < -0.39 is 0 Å². The molecule has 1 atom stereocenters. The second-order valence-electron chi connectivity index (χ2n) is 10.0. The standard InChI is InChI=1S/C27H33N7O/c1-18(2)13-32-8-9-33(27(35)20(32)4)15-22-7-6-21(10-19(22)3)26-25-11-23(16-34(25)30-17-28-26)24-12-29-31(5)14-24/h6-7,10-12,14,16-18,20H,8-9,13,15H2,1-5H3. The molecule has 1 amide bonds. The molecule has 0 saturated carbocycles. The van der Waals surface area contributed by atoms with Gasteiger partial charge in [0.15, 0.2) is 0 Å². The summed E-state index contributed by atoms with van der Waals surface area (Å²) in [5.41, 5.74) is 7.29. The van der Waals surface area contributed by atoms with Gasteiger partial charge in [0, 0.05) is 62.3 Å². The molecule has 4 aromatic rings. The van der Waals surface area contributed by atoms with Gasteiger partial charge >= 0.3 is 0 Å². The lowest BCUT2D eigenvalue weighted by Crippen LogP contribution is -2.56. The Balaban J connectivity index is 1.38. The molecule has 8 heteroatoms. The number of hydrogen-bond donors (Lipinski definition) is 0. The zero-order valence-corrected chi connectivity index (χ0v) is 21.1. The molecule has 8 nitrogen and oxygen atoms in total. The number of carbonyl (C=O) groups is 1. The predicted molar refractivity (Wildman–Crippen MR) is 137 cm³/mol. The highest BCUT2D eigenvalue weighted by Crippen LogP contribution is 2.29. The number of amides is 1. The number of benzene rings is 1. The highest BCUT2D eigenvalue weighted by molar-refractivity contribution is 5.83.